The van der Waals surface area contributed by atoms with Crippen molar-refractivity contribution in [3.63, 3.8) is 0 Å². The molecule has 0 spiro atoms. The zero-order valence-electron chi connectivity index (χ0n) is 20.7. The van der Waals surface area contributed by atoms with Crippen molar-refractivity contribution in [2.75, 3.05) is 0 Å². The van der Waals surface area contributed by atoms with Crippen molar-refractivity contribution < 1.29 is 9.22 Å². The molecule has 0 unspecified atom stereocenters. The molecule has 1 N–H and O–H groups in total. The van der Waals surface area contributed by atoms with E-state index in [1.165, 1.54) is 4.46 Å². The molecule has 32 heavy (non-hydrogen) atoms. The third kappa shape index (κ3) is 8.04. The van der Waals surface area contributed by atoms with E-state index in [0.717, 1.165) is 10.9 Å². The number of halogens is 1. The number of nitrogens with one attached hydrogen (secondary N) is 1. The van der Waals surface area contributed by atoms with Gasteiger partial charge in [-0.15, -0.1) is 0 Å². The van der Waals surface area contributed by atoms with Gasteiger partial charge in [0.15, 0.2) is 0 Å². The molecule has 0 aliphatic rings. The van der Waals surface area contributed by atoms with Crippen LogP contribution in [-0.4, -0.2) is 34.7 Å². The molecule has 2 atom stereocenters. The van der Waals surface area contributed by atoms with Crippen LogP contribution >= 0.6 is 11.6 Å². The van der Waals surface area contributed by atoms with Crippen molar-refractivity contribution in [1.29, 1.82) is 0 Å². The average Bonchev–Trinajstić information content (AvgIpc) is 2.66. The van der Waals surface area contributed by atoms with Crippen molar-refractivity contribution in [1.82, 2.24) is 5.32 Å². The topological polar surface area (TPSA) is 38.3 Å². The SMILES string of the molecule is CC(C)(C)NC(=O)[C@@H](C[Se]c1ccccc1)[C@H](O[Si](C)(C)C(C)(C)C)c1ccc(Cl)cc1. The molecule has 2 aromatic rings. The zero-order chi connectivity index (χ0) is 24.2. The van der Waals surface area contributed by atoms with E-state index in [1.54, 1.807) is 0 Å². The van der Waals surface area contributed by atoms with Crippen molar-refractivity contribution in [2.24, 2.45) is 5.92 Å². The minimum atomic E-state index is -2.15. The van der Waals surface area contributed by atoms with Crippen LogP contribution in [0.4, 0.5) is 0 Å². The van der Waals surface area contributed by atoms with E-state index in [0.29, 0.717) is 5.02 Å². The first-order valence-corrected chi connectivity index (χ1v) is 16.5. The molecule has 0 saturated heterocycles. The standard InChI is InChI=1S/C26H38ClNO2SeSi/c1-25(2,3)28-24(29)22(18-31-21-12-10-9-11-13-21)23(19-14-16-20(27)17-15-19)30-32(7,8)26(4,5)6/h9-17,22-23H,18H2,1-8H3,(H,28,29)/t22-,23+/m0/s1. The van der Waals surface area contributed by atoms with Crippen LogP contribution in [0.25, 0.3) is 0 Å². The Morgan fingerprint density at radius 1 is 1.00 bits per heavy atom. The summed E-state index contributed by atoms with van der Waals surface area (Å²) in [5.41, 5.74) is 0.702. The first-order valence-electron chi connectivity index (χ1n) is 11.1. The molecule has 0 fully saturated rings. The number of benzene rings is 2. The summed E-state index contributed by atoms with van der Waals surface area (Å²) < 4.78 is 8.25. The molecule has 0 heterocycles. The van der Waals surface area contributed by atoms with Gasteiger partial charge >= 0.3 is 208 Å². The number of amides is 1. The molecule has 1 amide bonds. The molecule has 3 nitrogen and oxygen atoms in total. The van der Waals surface area contributed by atoms with Crippen LogP contribution in [0.5, 0.6) is 0 Å². The first kappa shape index (κ1) is 27.1. The van der Waals surface area contributed by atoms with Gasteiger partial charge in [-0.2, -0.15) is 0 Å². The van der Waals surface area contributed by atoms with Gasteiger partial charge in [-0.25, -0.2) is 0 Å². The van der Waals surface area contributed by atoms with Crippen LogP contribution in [0.1, 0.15) is 53.2 Å². The summed E-state index contributed by atoms with van der Waals surface area (Å²) in [5, 5.41) is 4.71. The average molecular weight is 539 g/mol. The van der Waals surface area contributed by atoms with E-state index < -0.39 is 8.32 Å². The number of carbonyl (C=O) groups is 1. The Morgan fingerprint density at radius 2 is 1.56 bits per heavy atom. The van der Waals surface area contributed by atoms with Gasteiger partial charge in [0.25, 0.3) is 0 Å². The van der Waals surface area contributed by atoms with Gasteiger partial charge in [0.2, 0.25) is 0 Å². The maximum absolute atomic E-state index is 13.6. The quantitative estimate of drug-likeness (QED) is 0.396. The molecule has 0 aliphatic carbocycles. The van der Waals surface area contributed by atoms with E-state index in [9.17, 15) is 4.79 Å². The zero-order valence-corrected chi connectivity index (χ0v) is 24.1. The van der Waals surface area contributed by atoms with Crippen LogP contribution in [0, 0.1) is 5.92 Å². The minimum absolute atomic E-state index is 0.0350. The van der Waals surface area contributed by atoms with E-state index in [1.807, 2.05) is 51.1 Å². The predicted octanol–water partition coefficient (Wildman–Crippen LogP) is 6.38. The van der Waals surface area contributed by atoms with Gasteiger partial charge in [-0.1, -0.05) is 0 Å². The molecule has 176 valence electrons. The predicted molar refractivity (Wildman–Crippen MR) is 140 cm³/mol. The molecule has 2 aromatic carbocycles. The van der Waals surface area contributed by atoms with Gasteiger partial charge in [0.05, 0.1) is 0 Å². The Kier molecular flexibility index (Phi) is 9.23. The van der Waals surface area contributed by atoms with Crippen LogP contribution in [0.2, 0.25) is 28.5 Å². The van der Waals surface area contributed by atoms with Gasteiger partial charge in [-0.3, -0.25) is 0 Å². The maximum atomic E-state index is 13.6. The van der Waals surface area contributed by atoms with Crippen molar-refractivity contribution in [3.8, 4) is 0 Å². The Hall–Kier alpha value is -1.10. The van der Waals surface area contributed by atoms with Gasteiger partial charge in [0.1, 0.15) is 0 Å². The van der Waals surface area contributed by atoms with Crippen molar-refractivity contribution in [2.45, 2.75) is 76.6 Å². The van der Waals surface area contributed by atoms with Crippen LogP contribution in [-0.2, 0) is 9.22 Å². The van der Waals surface area contributed by atoms with E-state index in [4.69, 9.17) is 16.0 Å². The van der Waals surface area contributed by atoms with E-state index >= 15 is 0 Å². The summed E-state index contributed by atoms with van der Waals surface area (Å²) in [6, 6.07) is 18.2. The number of carbonyl (C=O) groups excluding carboxylic acids is 1. The fraction of sp³-hybridized carbons (Fsp3) is 0.500. The summed E-state index contributed by atoms with van der Waals surface area (Å²) in [5.74, 6) is -0.237. The van der Waals surface area contributed by atoms with Crippen LogP contribution in [0.15, 0.2) is 54.6 Å². The third-order valence-electron chi connectivity index (χ3n) is 5.80. The molecule has 6 heteroatoms. The summed E-state index contributed by atoms with van der Waals surface area (Å²) in [7, 11) is -2.15. The number of hydrogen-bond donors (Lipinski definition) is 1. The van der Waals surface area contributed by atoms with Gasteiger partial charge in [-0.05, 0) is 0 Å². The molecular formula is C26H38ClNO2SeSi. The Morgan fingerprint density at radius 3 is 2.06 bits per heavy atom. The number of rotatable bonds is 8. The molecule has 0 aromatic heterocycles. The fourth-order valence-corrected chi connectivity index (χ4v) is 6.61. The molecule has 0 aliphatic heterocycles. The fourth-order valence-electron chi connectivity index (χ4n) is 2.99. The van der Waals surface area contributed by atoms with E-state index in [-0.39, 0.29) is 43.5 Å². The van der Waals surface area contributed by atoms with Crippen LogP contribution in [0.3, 0.4) is 0 Å². The summed E-state index contributed by atoms with van der Waals surface area (Å²) in [6.45, 7) is 17.3. The Bertz CT molecular complexity index is 873. The molecule has 0 radical (unpaired) electrons. The van der Waals surface area contributed by atoms with Gasteiger partial charge < -0.3 is 0 Å². The normalized spacial score (nSPS) is 14.7. The Balaban J connectivity index is 2.47. The van der Waals surface area contributed by atoms with Crippen molar-refractivity contribution in [3.05, 3.63) is 65.2 Å². The third-order valence-corrected chi connectivity index (χ3v) is 12.9. The summed E-state index contributed by atoms with van der Waals surface area (Å²) in [4.78, 5) is 13.6. The monoisotopic (exact) mass is 539 g/mol. The van der Waals surface area contributed by atoms with Crippen LogP contribution < -0.4 is 9.78 Å². The second kappa shape index (κ2) is 10.9. The molecule has 2 rings (SSSR count). The second-order valence-corrected chi connectivity index (χ2v) is 18.3. The molecular weight excluding hydrogens is 501 g/mol. The number of hydrogen-bond acceptors (Lipinski definition) is 2. The summed E-state index contributed by atoms with van der Waals surface area (Å²) in [6.07, 6.45) is -0.318. The summed E-state index contributed by atoms with van der Waals surface area (Å²) >= 11 is 6.34. The van der Waals surface area contributed by atoms with Gasteiger partial charge in [0, 0.05) is 0 Å². The molecule has 0 bridgehead atoms. The second-order valence-electron chi connectivity index (χ2n) is 10.8. The first-order chi connectivity index (χ1) is 14.7. The van der Waals surface area contributed by atoms with E-state index in [2.05, 4.69) is 63.4 Å². The molecule has 0 saturated carbocycles. The van der Waals surface area contributed by atoms with Crippen molar-refractivity contribution >= 4 is 45.2 Å². The Labute approximate surface area is 207 Å².